The zero-order valence-electron chi connectivity index (χ0n) is 12.2. The average Bonchev–Trinajstić information content (AvgIpc) is 2.54. The first-order valence-corrected chi connectivity index (χ1v) is 7.12. The number of anilines is 1. The van der Waals surface area contributed by atoms with E-state index in [1.54, 1.807) is 0 Å². The Morgan fingerprint density at radius 2 is 1.71 bits per heavy atom. The fourth-order valence-corrected chi connectivity index (χ4v) is 2.56. The number of nitrogens with two attached hydrogens (primary N) is 1. The van der Waals surface area contributed by atoms with Crippen LogP contribution in [0.3, 0.4) is 0 Å². The van der Waals surface area contributed by atoms with Crippen molar-refractivity contribution in [3.63, 3.8) is 0 Å². The maximum absolute atomic E-state index is 5.91. The van der Waals surface area contributed by atoms with Gasteiger partial charge in [-0.25, -0.2) is 4.98 Å². The quantitative estimate of drug-likeness (QED) is 0.795. The monoisotopic (exact) mass is 277 g/mol. The molecule has 3 aromatic rings. The summed E-state index contributed by atoms with van der Waals surface area (Å²) >= 11 is 0. The molecular weight excluding hydrogens is 258 g/mol. The first kappa shape index (κ1) is 13.6. The highest BCUT2D eigenvalue weighted by Gasteiger charge is 2.10. The summed E-state index contributed by atoms with van der Waals surface area (Å²) < 4.78 is 0. The molecule has 0 atom stereocenters. The topological polar surface area (TPSA) is 42.2 Å². The molecular formula is C18H19N3. The largest absolute Gasteiger partial charge is 0.355 e. The van der Waals surface area contributed by atoms with Gasteiger partial charge < -0.3 is 10.6 Å². The van der Waals surface area contributed by atoms with E-state index in [0.29, 0.717) is 6.54 Å². The summed E-state index contributed by atoms with van der Waals surface area (Å²) in [4.78, 5) is 6.94. The standard InChI is InChI=1S/C18H19N3/c1-21(13-14-7-3-2-4-8-14)18-16(12-19)11-15-9-5-6-10-17(15)20-18/h2-11H,12-13,19H2,1H3. The smallest absolute Gasteiger partial charge is 0.133 e. The molecule has 0 saturated heterocycles. The fraction of sp³-hybridized carbons (Fsp3) is 0.167. The van der Waals surface area contributed by atoms with Crippen LogP contribution in [0.5, 0.6) is 0 Å². The van der Waals surface area contributed by atoms with Crippen molar-refractivity contribution < 1.29 is 0 Å². The Morgan fingerprint density at radius 1 is 1.00 bits per heavy atom. The normalized spacial score (nSPS) is 10.8. The molecule has 0 aliphatic heterocycles. The summed E-state index contributed by atoms with van der Waals surface area (Å²) in [6, 6.07) is 20.7. The van der Waals surface area contributed by atoms with Gasteiger partial charge in [-0.1, -0.05) is 48.5 Å². The van der Waals surface area contributed by atoms with E-state index < -0.39 is 0 Å². The van der Waals surface area contributed by atoms with Crippen LogP contribution < -0.4 is 10.6 Å². The molecule has 21 heavy (non-hydrogen) atoms. The fourth-order valence-electron chi connectivity index (χ4n) is 2.56. The molecule has 3 nitrogen and oxygen atoms in total. The summed E-state index contributed by atoms with van der Waals surface area (Å²) in [5.41, 5.74) is 9.25. The van der Waals surface area contributed by atoms with Crippen molar-refractivity contribution in [1.29, 1.82) is 0 Å². The Kier molecular flexibility index (Phi) is 3.84. The molecule has 3 heteroatoms. The molecule has 1 heterocycles. The van der Waals surface area contributed by atoms with Crippen molar-refractivity contribution in [2.45, 2.75) is 13.1 Å². The minimum absolute atomic E-state index is 0.492. The molecule has 2 aromatic carbocycles. The van der Waals surface area contributed by atoms with E-state index in [0.717, 1.165) is 28.8 Å². The third-order valence-electron chi connectivity index (χ3n) is 3.62. The predicted molar refractivity (Wildman–Crippen MR) is 88.2 cm³/mol. The summed E-state index contributed by atoms with van der Waals surface area (Å²) in [5.74, 6) is 0.958. The highest BCUT2D eigenvalue weighted by Crippen LogP contribution is 2.23. The molecule has 0 radical (unpaired) electrons. The molecule has 1 aromatic heterocycles. The number of nitrogens with zero attached hydrogens (tertiary/aromatic N) is 2. The number of rotatable bonds is 4. The number of hydrogen-bond acceptors (Lipinski definition) is 3. The van der Waals surface area contributed by atoms with Crippen LogP contribution in [0.25, 0.3) is 10.9 Å². The van der Waals surface area contributed by atoms with Gasteiger partial charge in [0.2, 0.25) is 0 Å². The summed E-state index contributed by atoms with van der Waals surface area (Å²) in [5, 5.41) is 1.13. The van der Waals surface area contributed by atoms with E-state index in [1.807, 2.05) is 24.3 Å². The van der Waals surface area contributed by atoms with Crippen molar-refractivity contribution in [3.8, 4) is 0 Å². The molecule has 3 rings (SSSR count). The van der Waals surface area contributed by atoms with Gasteiger partial charge in [-0.05, 0) is 17.7 Å². The lowest BCUT2D eigenvalue weighted by Crippen LogP contribution is -2.20. The van der Waals surface area contributed by atoms with Gasteiger partial charge in [-0.3, -0.25) is 0 Å². The molecule has 0 amide bonds. The van der Waals surface area contributed by atoms with Gasteiger partial charge in [-0.15, -0.1) is 0 Å². The third kappa shape index (κ3) is 2.88. The number of aromatic nitrogens is 1. The predicted octanol–water partition coefficient (Wildman–Crippen LogP) is 3.33. The lowest BCUT2D eigenvalue weighted by Gasteiger charge is -2.21. The second kappa shape index (κ2) is 5.94. The molecule has 0 fully saturated rings. The molecule has 0 saturated carbocycles. The van der Waals surface area contributed by atoms with Gasteiger partial charge in [0.1, 0.15) is 5.82 Å². The molecule has 0 bridgehead atoms. The number of pyridine rings is 1. The summed E-state index contributed by atoms with van der Waals surface area (Å²) in [6.07, 6.45) is 0. The van der Waals surface area contributed by atoms with Crippen LogP contribution in [0.4, 0.5) is 5.82 Å². The minimum Gasteiger partial charge on any atom is -0.355 e. The van der Waals surface area contributed by atoms with Crippen LogP contribution in [-0.2, 0) is 13.1 Å². The second-order valence-corrected chi connectivity index (χ2v) is 5.21. The van der Waals surface area contributed by atoms with Crippen molar-refractivity contribution in [2.24, 2.45) is 5.73 Å². The zero-order chi connectivity index (χ0) is 14.7. The van der Waals surface area contributed by atoms with E-state index >= 15 is 0 Å². The first-order valence-electron chi connectivity index (χ1n) is 7.12. The second-order valence-electron chi connectivity index (χ2n) is 5.21. The molecule has 106 valence electrons. The molecule has 2 N–H and O–H groups in total. The number of hydrogen-bond donors (Lipinski definition) is 1. The van der Waals surface area contributed by atoms with Crippen LogP contribution in [0.1, 0.15) is 11.1 Å². The lowest BCUT2D eigenvalue weighted by atomic mass is 10.1. The summed E-state index contributed by atoms with van der Waals surface area (Å²) in [6.45, 7) is 1.31. The van der Waals surface area contributed by atoms with Gasteiger partial charge in [-0.2, -0.15) is 0 Å². The van der Waals surface area contributed by atoms with Crippen LogP contribution in [0.15, 0.2) is 60.7 Å². The Morgan fingerprint density at radius 3 is 2.48 bits per heavy atom. The maximum atomic E-state index is 5.91. The molecule has 0 spiro atoms. The zero-order valence-corrected chi connectivity index (χ0v) is 12.2. The molecule has 0 aliphatic carbocycles. The van der Waals surface area contributed by atoms with Crippen molar-refractivity contribution in [2.75, 3.05) is 11.9 Å². The van der Waals surface area contributed by atoms with Gasteiger partial charge in [0.05, 0.1) is 5.52 Å². The highest BCUT2D eigenvalue weighted by atomic mass is 15.2. The SMILES string of the molecule is CN(Cc1ccccc1)c1nc2ccccc2cc1CN. The Bertz CT molecular complexity index is 738. The average molecular weight is 277 g/mol. The highest BCUT2D eigenvalue weighted by molar-refractivity contribution is 5.81. The number of benzene rings is 2. The van der Waals surface area contributed by atoms with Crippen molar-refractivity contribution in [1.82, 2.24) is 4.98 Å². The minimum atomic E-state index is 0.492. The van der Waals surface area contributed by atoms with E-state index in [4.69, 9.17) is 10.7 Å². The van der Waals surface area contributed by atoms with E-state index in [2.05, 4.69) is 48.3 Å². The first-order chi connectivity index (χ1) is 10.3. The number of fused-ring (bicyclic) bond motifs is 1. The maximum Gasteiger partial charge on any atom is 0.133 e. The Labute approximate surface area is 125 Å². The third-order valence-corrected chi connectivity index (χ3v) is 3.62. The van der Waals surface area contributed by atoms with E-state index in [1.165, 1.54) is 5.56 Å². The Hall–Kier alpha value is -2.39. The number of para-hydroxylation sites is 1. The summed E-state index contributed by atoms with van der Waals surface area (Å²) in [7, 11) is 2.06. The molecule has 0 aliphatic rings. The van der Waals surface area contributed by atoms with Crippen LogP contribution in [-0.4, -0.2) is 12.0 Å². The van der Waals surface area contributed by atoms with E-state index in [9.17, 15) is 0 Å². The van der Waals surface area contributed by atoms with E-state index in [-0.39, 0.29) is 0 Å². The van der Waals surface area contributed by atoms with Gasteiger partial charge in [0.15, 0.2) is 0 Å². The van der Waals surface area contributed by atoms with Crippen LogP contribution >= 0.6 is 0 Å². The molecule has 0 unspecified atom stereocenters. The van der Waals surface area contributed by atoms with Gasteiger partial charge >= 0.3 is 0 Å². The Balaban J connectivity index is 1.98. The van der Waals surface area contributed by atoms with Gasteiger partial charge in [0.25, 0.3) is 0 Å². The lowest BCUT2D eigenvalue weighted by molar-refractivity contribution is 0.882. The van der Waals surface area contributed by atoms with Gasteiger partial charge in [0, 0.05) is 31.1 Å². The van der Waals surface area contributed by atoms with Crippen molar-refractivity contribution in [3.05, 3.63) is 71.8 Å². The van der Waals surface area contributed by atoms with Crippen LogP contribution in [0.2, 0.25) is 0 Å². The van der Waals surface area contributed by atoms with Crippen molar-refractivity contribution >= 4 is 16.7 Å². The van der Waals surface area contributed by atoms with Crippen LogP contribution in [0, 0.1) is 0 Å².